The zero-order valence-corrected chi connectivity index (χ0v) is 18.5. The molecule has 30 heavy (non-hydrogen) atoms. The Kier molecular flexibility index (Phi) is 7.79. The first-order chi connectivity index (χ1) is 14.5. The Labute approximate surface area is 182 Å². The van der Waals surface area contributed by atoms with E-state index in [0.29, 0.717) is 5.56 Å². The molecule has 0 aliphatic heterocycles. The maximum Gasteiger partial charge on any atom is 0.123 e. The molecule has 2 aromatic carbocycles. The van der Waals surface area contributed by atoms with E-state index in [0.717, 1.165) is 43.2 Å². The van der Waals surface area contributed by atoms with Crippen LogP contribution in [0.3, 0.4) is 0 Å². The largest absolute Gasteiger partial charge is 0.507 e. The van der Waals surface area contributed by atoms with Gasteiger partial charge in [-0.3, -0.25) is 0 Å². The van der Waals surface area contributed by atoms with Crippen molar-refractivity contribution >= 4 is 0 Å². The van der Waals surface area contributed by atoms with Crippen LogP contribution >= 0.6 is 0 Å². The molecule has 0 aromatic heterocycles. The third-order valence-electron chi connectivity index (χ3n) is 6.43. The highest BCUT2D eigenvalue weighted by atomic mass is 16.3. The van der Waals surface area contributed by atoms with Crippen LogP contribution in [0.4, 0.5) is 0 Å². The normalized spacial score (nSPS) is 18.8. The van der Waals surface area contributed by atoms with Crippen LogP contribution in [0.25, 0.3) is 0 Å². The van der Waals surface area contributed by atoms with Gasteiger partial charge in [0.25, 0.3) is 0 Å². The summed E-state index contributed by atoms with van der Waals surface area (Å²) in [6.07, 6.45) is 10.9. The number of unbranched alkanes of at least 4 members (excludes halogenated alkanes) is 3. The summed E-state index contributed by atoms with van der Waals surface area (Å²) in [5.74, 6) is 0.705. The fourth-order valence-corrected chi connectivity index (χ4v) is 4.73. The lowest BCUT2D eigenvalue weighted by molar-refractivity contribution is 0.406. The molecule has 1 aliphatic carbocycles. The number of rotatable bonds is 9. The van der Waals surface area contributed by atoms with Gasteiger partial charge in [-0.25, -0.2) is 0 Å². The second kappa shape index (κ2) is 10.5. The maximum atomic E-state index is 10.8. The quantitative estimate of drug-likeness (QED) is 0.336. The lowest BCUT2D eigenvalue weighted by Crippen LogP contribution is -2.17. The number of benzene rings is 2. The summed E-state index contributed by atoms with van der Waals surface area (Å²) in [6.45, 7) is 8.32. The van der Waals surface area contributed by atoms with Crippen molar-refractivity contribution in [1.29, 1.82) is 0 Å². The summed E-state index contributed by atoms with van der Waals surface area (Å²) in [6, 6.07) is 14.3. The van der Waals surface area contributed by atoms with E-state index < -0.39 is 0 Å². The molecule has 0 spiro atoms. The van der Waals surface area contributed by atoms with Crippen molar-refractivity contribution in [2.75, 3.05) is 0 Å². The number of hydrogen-bond donors (Lipinski definition) is 2. The highest BCUT2D eigenvalue weighted by molar-refractivity contribution is 5.51. The molecule has 0 heterocycles. The van der Waals surface area contributed by atoms with E-state index in [1.165, 1.54) is 30.4 Å². The van der Waals surface area contributed by atoms with Crippen LogP contribution in [0.1, 0.15) is 75.0 Å². The molecule has 1 aliphatic rings. The average molecular weight is 405 g/mol. The number of phenolic OH excluding ortho intramolecular Hbond substituents is 2. The second-order valence-electron chi connectivity index (χ2n) is 8.98. The lowest BCUT2D eigenvalue weighted by Gasteiger charge is -2.31. The smallest absolute Gasteiger partial charge is 0.123 e. The minimum absolute atomic E-state index is 0.00304. The molecule has 2 N–H and O–H groups in total. The predicted molar refractivity (Wildman–Crippen MR) is 126 cm³/mol. The van der Waals surface area contributed by atoms with Gasteiger partial charge in [0.05, 0.1) is 0 Å². The van der Waals surface area contributed by atoms with Crippen LogP contribution in [0.15, 0.2) is 66.3 Å². The molecule has 0 unspecified atom stereocenters. The molecule has 2 heteroatoms. The van der Waals surface area contributed by atoms with E-state index in [4.69, 9.17) is 0 Å². The van der Waals surface area contributed by atoms with E-state index in [-0.39, 0.29) is 23.3 Å². The molecule has 2 nitrogen and oxygen atoms in total. The van der Waals surface area contributed by atoms with Crippen molar-refractivity contribution in [2.24, 2.45) is 5.92 Å². The number of allylic oxidation sites excluding steroid dienone is 3. The van der Waals surface area contributed by atoms with Gasteiger partial charge < -0.3 is 10.2 Å². The van der Waals surface area contributed by atoms with E-state index in [9.17, 15) is 10.2 Å². The van der Waals surface area contributed by atoms with Gasteiger partial charge in [-0.2, -0.15) is 0 Å². The summed E-state index contributed by atoms with van der Waals surface area (Å²) >= 11 is 0. The predicted octanol–water partition coefficient (Wildman–Crippen LogP) is 7.46. The Hall–Kier alpha value is -2.48. The summed E-state index contributed by atoms with van der Waals surface area (Å²) in [5.41, 5.74) is 5.51. The molecule has 0 fully saturated rings. The third kappa shape index (κ3) is 5.78. The Morgan fingerprint density at radius 2 is 1.53 bits per heavy atom. The number of aryl methyl sites for hydroxylation is 2. The maximum absolute atomic E-state index is 10.8. The van der Waals surface area contributed by atoms with Crippen molar-refractivity contribution in [3.63, 3.8) is 0 Å². The first-order valence-electron chi connectivity index (χ1n) is 11.4. The molecule has 0 bridgehead atoms. The van der Waals surface area contributed by atoms with Gasteiger partial charge in [-0.05, 0) is 81.5 Å². The number of phenols is 2. The van der Waals surface area contributed by atoms with Crippen LogP contribution in [-0.4, -0.2) is 10.2 Å². The first-order valence-corrected chi connectivity index (χ1v) is 11.4. The van der Waals surface area contributed by atoms with Gasteiger partial charge in [-0.15, -0.1) is 0 Å². The summed E-state index contributed by atoms with van der Waals surface area (Å²) in [4.78, 5) is 0. The van der Waals surface area contributed by atoms with Crippen LogP contribution in [-0.2, 0) is 12.8 Å². The Bertz CT molecular complexity index is 856. The van der Waals surface area contributed by atoms with Gasteiger partial charge in [0.2, 0.25) is 0 Å². The van der Waals surface area contributed by atoms with Gasteiger partial charge in [-0.1, -0.05) is 67.0 Å². The van der Waals surface area contributed by atoms with E-state index in [2.05, 4.69) is 49.9 Å². The highest BCUT2D eigenvalue weighted by Crippen LogP contribution is 2.46. The second-order valence-corrected chi connectivity index (χ2v) is 8.98. The van der Waals surface area contributed by atoms with Crippen molar-refractivity contribution < 1.29 is 10.2 Å². The minimum atomic E-state index is 0.00304. The molecule has 3 rings (SSSR count). The van der Waals surface area contributed by atoms with E-state index in [1.807, 2.05) is 19.1 Å². The first kappa shape index (κ1) is 22.2. The van der Waals surface area contributed by atoms with Crippen LogP contribution in [0, 0.1) is 5.92 Å². The molecule has 0 saturated carbocycles. The minimum Gasteiger partial charge on any atom is -0.507 e. The van der Waals surface area contributed by atoms with E-state index >= 15 is 0 Å². The van der Waals surface area contributed by atoms with Crippen molar-refractivity contribution in [2.45, 2.75) is 71.1 Å². The Morgan fingerprint density at radius 3 is 2.13 bits per heavy atom. The van der Waals surface area contributed by atoms with Crippen LogP contribution in [0.5, 0.6) is 11.5 Å². The topological polar surface area (TPSA) is 40.5 Å². The van der Waals surface area contributed by atoms with E-state index in [1.54, 1.807) is 0 Å². The Balaban J connectivity index is 1.56. The fourth-order valence-electron chi connectivity index (χ4n) is 4.73. The van der Waals surface area contributed by atoms with Gasteiger partial charge in [0.1, 0.15) is 11.5 Å². The molecule has 0 radical (unpaired) electrons. The van der Waals surface area contributed by atoms with Crippen LogP contribution in [0.2, 0.25) is 0 Å². The van der Waals surface area contributed by atoms with Gasteiger partial charge in [0.15, 0.2) is 0 Å². The summed E-state index contributed by atoms with van der Waals surface area (Å²) in [5, 5.41) is 21.5. The average Bonchev–Trinajstić information content (AvgIpc) is 2.71. The van der Waals surface area contributed by atoms with Crippen molar-refractivity contribution in [3.05, 3.63) is 83.0 Å². The molecule has 160 valence electrons. The lowest BCUT2D eigenvalue weighted by atomic mass is 9.73. The summed E-state index contributed by atoms with van der Waals surface area (Å²) < 4.78 is 0. The number of aromatic hydroxyl groups is 2. The highest BCUT2D eigenvalue weighted by Gasteiger charge is 2.30. The molecule has 0 amide bonds. The van der Waals surface area contributed by atoms with Crippen molar-refractivity contribution in [1.82, 2.24) is 0 Å². The molecule has 2 atom stereocenters. The zero-order valence-electron chi connectivity index (χ0n) is 18.5. The zero-order chi connectivity index (χ0) is 21.5. The molecular weight excluding hydrogens is 368 g/mol. The third-order valence-corrected chi connectivity index (χ3v) is 6.43. The standard InChI is InChI=1S/C28H36O2/c1-20(2)24-16-15-21(3)17-25(24)28-26(29)18-23(19-27(28)30)14-8-5-4-7-11-22-12-9-6-10-13-22/h6,9-10,12-13,17-19,24-25,29-30H,1,4-5,7-8,11,14-16H2,2-3H3/t24-,25+/m0/s1. The Morgan fingerprint density at radius 1 is 0.933 bits per heavy atom. The fraction of sp³-hybridized carbons (Fsp3) is 0.429. The molecular formula is C28H36O2. The SMILES string of the molecule is C=C(C)[C@@H]1CCC(C)=C[C@H]1c1c(O)cc(CCCCCCc2ccccc2)cc1O. The van der Waals surface area contributed by atoms with Gasteiger partial charge >= 0.3 is 0 Å². The summed E-state index contributed by atoms with van der Waals surface area (Å²) in [7, 11) is 0. The number of hydrogen-bond acceptors (Lipinski definition) is 2. The van der Waals surface area contributed by atoms with Crippen LogP contribution < -0.4 is 0 Å². The molecule has 0 saturated heterocycles. The molecule has 2 aromatic rings. The monoisotopic (exact) mass is 404 g/mol. The van der Waals surface area contributed by atoms with Gasteiger partial charge in [0, 0.05) is 11.5 Å². The van der Waals surface area contributed by atoms with Crippen molar-refractivity contribution in [3.8, 4) is 11.5 Å².